The maximum atomic E-state index is 12.0. The number of nitrogens with one attached hydrogen (secondary N) is 1. The summed E-state index contributed by atoms with van der Waals surface area (Å²) in [7, 11) is -3.23. The summed E-state index contributed by atoms with van der Waals surface area (Å²) in [5.74, 6) is -0.275. The number of hydrogen-bond donors (Lipinski definition) is 2. The zero-order valence-corrected chi connectivity index (χ0v) is 12.1. The average Bonchev–Trinajstić information content (AvgIpc) is 2.88. The van der Waals surface area contributed by atoms with Gasteiger partial charge in [-0.15, -0.1) is 0 Å². The Bertz CT molecular complexity index is 589. The maximum Gasteiger partial charge on any atom is 0.246 e. The van der Waals surface area contributed by atoms with Gasteiger partial charge >= 0.3 is 0 Å². The fourth-order valence-corrected chi connectivity index (χ4v) is 2.81. The van der Waals surface area contributed by atoms with Crippen molar-refractivity contribution in [2.75, 3.05) is 24.3 Å². The molecule has 1 atom stereocenters. The van der Waals surface area contributed by atoms with Crippen molar-refractivity contribution >= 4 is 21.4 Å². The molecule has 2 rings (SSSR count). The number of carbonyl (C=O) groups is 1. The number of carbonyl (C=O) groups excluding carboxylic acids is 1. The smallest absolute Gasteiger partial charge is 0.246 e. The summed E-state index contributed by atoms with van der Waals surface area (Å²) in [4.78, 5) is 12.3. The van der Waals surface area contributed by atoms with Crippen LogP contribution in [-0.2, 0) is 19.4 Å². The van der Waals surface area contributed by atoms with Crippen LogP contribution in [-0.4, -0.2) is 38.8 Å². The first-order valence-electron chi connectivity index (χ1n) is 6.38. The van der Waals surface area contributed by atoms with Gasteiger partial charge in [0.1, 0.15) is 5.54 Å². The van der Waals surface area contributed by atoms with Gasteiger partial charge in [-0.05, 0) is 30.7 Å². The largest absolute Gasteiger partial charge is 0.379 e. The zero-order chi connectivity index (χ0) is 14.8. The molecular weight excluding hydrogens is 280 g/mol. The van der Waals surface area contributed by atoms with Gasteiger partial charge in [0.05, 0.1) is 17.3 Å². The molecule has 20 heavy (non-hydrogen) atoms. The standard InChI is InChI=1S/C13H18N2O4S/c1-2-20(17,18)11-5-3-10(4-6-11)15-12(16)13(14)7-8-19-9-13/h3-6H,2,7-9,14H2,1H3,(H,15,16). The summed E-state index contributed by atoms with van der Waals surface area (Å²) in [6, 6.07) is 6.06. The summed E-state index contributed by atoms with van der Waals surface area (Å²) in [5.41, 5.74) is 5.45. The molecule has 0 bridgehead atoms. The molecule has 0 aliphatic carbocycles. The van der Waals surface area contributed by atoms with Crippen LogP contribution in [0.5, 0.6) is 0 Å². The summed E-state index contributed by atoms with van der Waals surface area (Å²) in [5, 5.41) is 2.68. The summed E-state index contributed by atoms with van der Waals surface area (Å²) in [6.45, 7) is 2.25. The molecule has 1 aromatic carbocycles. The molecule has 3 N–H and O–H groups in total. The summed E-state index contributed by atoms with van der Waals surface area (Å²) < 4.78 is 28.5. The number of hydrogen-bond acceptors (Lipinski definition) is 5. The van der Waals surface area contributed by atoms with Gasteiger partial charge in [-0.25, -0.2) is 8.42 Å². The lowest BCUT2D eigenvalue weighted by Gasteiger charge is -2.20. The average molecular weight is 298 g/mol. The van der Waals surface area contributed by atoms with Crippen LogP contribution < -0.4 is 11.1 Å². The summed E-state index contributed by atoms with van der Waals surface area (Å²) in [6.07, 6.45) is 0.473. The first-order valence-corrected chi connectivity index (χ1v) is 8.03. The van der Waals surface area contributed by atoms with Crippen LogP contribution in [0, 0.1) is 0 Å². The Hall–Kier alpha value is -1.44. The molecule has 1 unspecified atom stereocenters. The first kappa shape index (κ1) is 15.0. The lowest BCUT2D eigenvalue weighted by Crippen LogP contribution is -2.51. The fourth-order valence-electron chi connectivity index (χ4n) is 1.93. The molecular formula is C13H18N2O4S. The minimum Gasteiger partial charge on any atom is -0.379 e. The van der Waals surface area contributed by atoms with E-state index >= 15 is 0 Å². The third-order valence-electron chi connectivity index (χ3n) is 3.36. The van der Waals surface area contributed by atoms with Gasteiger partial charge in [0.15, 0.2) is 9.84 Å². The van der Waals surface area contributed by atoms with E-state index in [1.165, 1.54) is 12.1 Å². The minimum absolute atomic E-state index is 0.0436. The van der Waals surface area contributed by atoms with Crippen LogP contribution >= 0.6 is 0 Å². The highest BCUT2D eigenvalue weighted by atomic mass is 32.2. The Kier molecular flexibility index (Phi) is 4.12. The van der Waals surface area contributed by atoms with Crippen molar-refractivity contribution in [2.45, 2.75) is 23.8 Å². The van der Waals surface area contributed by atoms with Gasteiger partial charge < -0.3 is 15.8 Å². The van der Waals surface area contributed by atoms with Crippen LogP contribution in [0.3, 0.4) is 0 Å². The molecule has 1 amide bonds. The number of nitrogens with two attached hydrogens (primary N) is 1. The van der Waals surface area contributed by atoms with E-state index in [4.69, 9.17) is 10.5 Å². The second-order valence-corrected chi connectivity index (χ2v) is 7.12. The molecule has 0 aromatic heterocycles. The number of anilines is 1. The highest BCUT2D eigenvalue weighted by Crippen LogP contribution is 2.20. The number of amides is 1. The molecule has 7 heteroatoms. The van der Waals surface area contributed by atoms with Gasteiger partial charge in [0, 0.05) is 12.3 Å². The van der Waals surface area contributed by atoms with E-state index in [1.807, 2.05) is 0 Å². The molecule has 1 aromatic rings. The van der Waals surface area contributed by atoms with Crippen LogP contribution in [0.15, 0.2) is 29.2 Å². The van der Waals surface area contributed by atoms with E-state index in [1.54, 1.807) is 19.1 Å². The van der Waals surface area contributed by atoms with Gasteiger partial charge in [-0.2, -0.15) is 0 Å². The number of rotatable bonds is 4. The molecule has 0 radical (unpaired) electrons. The van der Waals surface area contributed by atoms with E-state index in [0.717, 1.165) is 0 Å². The summed E-state index contributed by atoms with van der Waals surface area (Å²) >= 11 is 0. The van der Waals surface area contributed by atoms with E-state index < -0.39 is 15.4 Å². The van der Waals surface area contributed by atoms with Crippen molar-refractivity contribution in [1.29, 1.82) is 0 Å². The number of sulfone groups is 1. The highest BCUT2D eigenvalue weighted by molar-refractivity contribution is 7.91. The lowest BCUT2D eigenvalue weighted by atomic mass is 9.99. The third kappa shape index (κ3) is 3.00. The second kappa shape index (κ2) is 5.51. The molecule has 1 heterocycles. The van der Waals surface area contributed by atoms with E-state index in [9.17, 15) is 13.2 Å². The van der Waals surface area contributed by atoms with E-state index in [-0.39, 0.29) is 23.2 Å². The molecule has 6 nitrogen and oxygen atoms in total. The third-order valence-corrected chi connectivity index (χ3v) is 5.11. The molecule has 110 valence electrons. The molecule has 1 saturated heterocycles. The Labute approximate surface area is 118 Å². The normalized spacial score (nSPS) is 22.7. The van der Waals surface area contributed by atoms with Crippen LogP contribution in [0.4, 0.5) is 5.69 Å². The van der Waals surface area contributed by atoms with Crippen molar-refractivity contribution in [3.8, 4) is 0 Å². The number of ether oxygens (including phenoxy) is 1. The van der Waals surface area contributed by atoms with Gasteiger partial charge in [-0.1, -0.05) is 6.92 Å². The van der Waals surface area contributed by atoms with Gasteiger partial charge in [-0.3, -0.25) is 4.79 Å². The maximum absolute atomic E-state index is 12.0. The second-order valence-electron chi connectivity index (χ2n) is 4.84. The zero-order valence-electron chi connectivity index (χ0n) is 11.3. The molecule has 1 aliphatic rings. The Morgan fingerprint density at radius 1 is 1.40 bits per heavy atom. The van der Waals surface area contributed by atoms with Crippen molar-refractivity contribution in [2.24, 2.45) is 5.73 Å². The van der Waals surface area contributed by atoms with Crippen molar-refractivity contribution in [3.63, 3.8) is 0 Å². The monoisotopic (exact) mass is 298 g/mol. The Balaban J connectivity index is 2.10. The van der Waals surface area contributed by atoms with Gasteiger partial charge in [0.25, 0.3) is 0 Å². The van der Waals surface area contributed by atoms with Crippen molar-refractivity contribution < 1.29 is 17.9 Å². The van der Waals surface area contributed by atoms with Crippen LogP contribution in [0.1, 0.15) is 13.3 Å². The first-order chi connectivity index (χ1) is 9.37. The van der Waals surface area contributed by atoms with Gasteiger partial charge in [0.2, 0.25) is 5.91 Å². The van der Waals surface area contributed by atoms with E-state index in [2.05, 4.69) is 5.32 Å². The Morgan fingerprint density at radius 3 is 2.55 bits per heavy atom. The van der Waals surface area contributed by atoms with Crippen molar-refractivity contribution in [1.82, 2.24) is 0 Å². The van der Waals surface area contributed by atoms with E-state index in [0.29, 0.717) is 18.7 Å². The van der Waals surface area contributed by atoms with Crippen molar-refractivity contribution in [3.05, 3.63) is 24.3 Å². The topological polar surface area (TPSA) is 98.5 Å². The minimum atomic E-state index is -3.23. The molecule has 1 aliphatic heterocycles. The SMILES string of the molecule is CCS(=O)(=O)c1ccc(NC(=O)C2(N)CCOC2)cc1. The predicted octanol–water partition coefficient (Wildman–Crippen LogP) is 0.536. The number of benzene rings is 1. The van der Waals surface area contributed by atoms with Crippen LogP contribution in [0.2, 0.25) is 0 Å². The quantitative estimate of drug-likeness (QED) is 0.845. The molecule has 1 fully saturated rings. The predicted molar refractivity (Wildman–Crippen MR) is 75.2 cm³/mol. The molecule has 0 spiro atoms. The fraction of sp³-hybridized carbons (Fsp3) is 0.462. The highest BCUT2D eigenvalue weighted by Gasteiger charge is 2.38. The lowest BCUT2D eigenvalue weighted by molar-refractivity contribution is -0.121. The Morgan fingerprint density at radius 2 is 2.05 bits per heavy atom. The molecule has 0 saturated carbocycles. The van der Waals surface area contributed by atoms with Crippen LogP contribution in [0.25, 0.3) is 0 Å².